The normalized spacial score (nSPS) is 20.5. The summed E-state index contributed by atoms with van der Waals surface area (Å²) in [5.74, 6) is -0.753. The van der Waals surface area contributed by atoms with E-state index in [0.717, 1.165) is 17.8 Å². The molecule has 1 N–H and O–H groups in total. The maximum Gasteiger partial charge on any atom is 0.255 e. The standard InChI is InChI=1S/C30H31N3O3/c34-28-15-14-27(29(35)31-28)33-19-23-17-25(12-13-26(23)30(33)36)32(24-8-2-1-3-9-24)18-20-10-11-21-6-4-5-7-22(21)16-20/h4-7,10-13,16-17,24,27H,1-3,8-9,14-15,18-19H2,(H,31,34,35). The molecule has 0 spiro atoms. The van der Waals surface area contributed by atoms with Gasteiger partial charge in [0.15, 0.2) is 0 Å². The molecule has 184 valence electrons. The summed E-state index contributed by atoms with van der Waals surface area (Å²) >= 11 is 0. The molecule has 2 heterocycles. The molecule has 1 unspecified atom stereocenters. The van der Waals surface area contributed by atoms with E-state index in [9.17, 15) is 14.4 Å². The smallest absolute Gasteiger partial charge is 0.255 e. The molecular formula is C30H31N3O3. The zero-order chi connectivity index (χ0) is 24.6. The van der Waals surface area contributed by atoms with Gasteiger partial charge in [0.05, 0.1) is 0 Å². The van der Waals surface area contributed by atoms with Gasteiger partial charge in [-0.2, -0.15) is 0 Å². The number of nitrogens with zero attached hydrogens (tertiary/aromatic N) is 2. The van der Waals surface area contributed by atoms with Gasteiger partial charge in [0, 0.05) is 36.8 Å². The highest BCUT2D eigenvalue weighted by molar-refractivity contribution is 6.05. The van der Waals surface area contributed by atoms with Crippen molar-refractivity contribution in [3.05, 3.63) is 77.4 Å². The number of fused-ring (bicyclic) bond motifs is 2. The Bertz CT molecular complexity index is 1340. The Hall–Kier alpha value is -3.67. The summed E-state index contributed by atoms with van der Waals surface area (Å²) in [6.07, 6.45) is 6.77. The molecular weight excluding hydrogens is 450 g/mol. The number of rotatable bonds is 5. The van der Waals surface area contributed by atoms with E-state index in [1.165, 1.54) is 48.4 Å². The van der Waals surface area contributed by atoms with Crippen molar-refractivity contribution in [2.45, 2.75) is 70.1 Å². The van der Waals surface area contributed by atoms with Crippen LogP contribution in [0.1, 0.15) is 66.4 Å². The van der Waals surface area contributed by atoms with Gasteiger partial charge in [-0.05, 0) is 65.4 Å². The third kappa shape index (κ3) is 4.25. The first-order valence-electron chi connectivity index (χ1n) is 13.1. The van der Waals surface area contributed by atoms with Gasteiger partial charge in [0.25, 0.3) is 5.91 Å². The molecule has 36 heavy (non-hydrogen) atoms. The Morgan fingerprint density at radius 3 is 2.47 bits per heavy atom. The van der Waals surface area contributed by atoms with Crippen molar-refractivity contribution in [2.24, 2.45) is 0 Å². The topological polar surface area (TPSA) is 69.7 Å². The Morgan fingerprint density at radius 2 is 1.67 bits per heavy atom. The summed E-state index contributed by atoms with van der Waals surface area (Å²) < 4.78 is 0. The molecule has 1 atom stereocenters. The lowest BCUT2D eigenvalue weighted by Crippen LogP contribution is -2.52. The van der Waals surface area contributed by atoms with E-state index in [-0.39, 0.29) is 24.1 Å². The van der Waals surface area contributed by atoms with Crippen LogP contribution < -0.4 is 10.2 Å². The van der Waals surface area contributed by atoms with E-state index < -0.39 is 6.04 Å². The van der Waals surface area contributed by atoms with Crippen LogP contribution in [0, 0.1) is 0 Å². The van der Waals surface area contributed by atoms with Crippen LogP contribution in [0.2, 0.25) is 0 Å². The fourth-order valence-corrected chi connectivity index (χ4v) is 6.10. The SMILES string of the molecule is O=C1CCC(N2Cc3cc(N(Cc4ccc5ccccc5c4)C4CCCCC4)ccc3C2=O)C(=O)N1. The van der Waals surface area contributed by atoms with Gasteiger partial charge in [0.1, 0.15) is 6.04 Å². The average molecular weight is 482 g/mol. The van der Waals surface area contributed by atoms with Crippen LogP contribution in [-0.2, 0) is 22.7 Å². The minimum absolute atomic E-state index is 0.121. The molecule has 0 aromatic heterocycles. The fraction of sp³-hybridized carbons (Fsp3) is 0.367. The van der Waals surface area contributed by atoms with Crippen molar-refractivity contribution in [2.75, 3.05) is 4.90 Å². The maximum absolute atomic E-state index is 13.2. The van der Waals surface area contributed by atoms with Crippen molar-refractivity contribution in [3.63, 3.8) is 0 Å². The molecule has 0 radical (unpaired) electrons. The molecule has 2 fully saturated rings. The summed E-state index contributed by atoms with van der Waals surface area (Å²) in [5.41, 5.74) is 4.03. The minimum Gasteiger partial charge on any atom is -0.364 e. The summed E-state index contributed by atoms with van der Waals surface area (Å²) in [7, 11) is 0. The van der Waals surface area contributed by atoms with Crippen LogP contribution in [-0.4, -0.2) is 34.7 Å². The minimum atomic E-state index is -0.585. The number of hydrogen-bond acceptors (Lipinski definition) is 4. The van der Waals surface area contributed by atoms with Crippen LogP contribution in [0.5, 0.6) is 0 Å². The lowest BCUT2D eigenvalue weighted by Gasteiger charge is -2.36. The van der Waals surface area contributed by atoms with Gasteiger partial charge in [0.2, 0.25) is 11.8 Å². The van der Waals surface area contributed by atoms with Crippen molar-refractivity contribution >= 4 is 34.2 Å². The van der Waals surface area contributed by atoms with E-state index in [0.29, 0.717) is 24.6 Å². The van der Waals surface area contributed by atoms with E-state index in [4.69, 9.17) is 0 Å². The quantitative estimate of drug-likeness (QED) is 0.524. The largest absolute Gasteiger partial charge is 0.364 e. The van der Waals surface area contributed by atoms with Crippen molar-refractivity contribution < 1.29 is 14.4 Å². The molecule has 1 aliphatic carbocycles. The summed E-state index contributed by atoms with van der Waals surface area (Å²) in [6.45, 7) is 1.22. The Morgan fingerprint density at radius 1 is 0.861 bits per heavy atom. The van der Waals surface area contributed by atoms with E-state index >= 15 is 0 Å². The molecule has 0 bridgehead atoms. The highest BCUT2D eigenvalue weighted by Crippen LogP contribution is 2.34. The molecule has 1 saturated carbocycles. The Labute approximate surface area is 211 Å². The van der Waals surface area contributed by atoms with E-state index in [1.807, 2.05) is 6.07 Å². The summed E-state index contributed by atoms with van der Waals surface area (Å²) in [5, 5.41) is 4.88. The van der Waals surface area contributed by atoms with Crippen molar-refractivity contribution in [3.8, 4) is 0 Å². The second-order valence-corrected chi connectivity index (χ2v) is 10.3. The van der Waals surface area contributed by atoms with Gasteiger partial charge in [-0.1, -0.05) is 55.7 Å². The maximum atomic E-state index is 13.2. The fourth-order valence-electron chi connectivity index (χ4n) is 6.10. The molecule has 6 nitrogen and oxygen atoms in total. The van der Waals surface area contributed by atoms with Gasteiger partial charge in [-0.25, -0.2) is 0 Å². The first-order chi connectivity index (χ1) is 17.6. The predicted molar refractivity (Wildman–Crippen MR) is 139 cm³/mol. The van der Waals surface area contributed by atoms with Gasteiger partial charge in [-0.15, -0.1) is 0 Å². The van der Waals surface area contributed by atoms with E-state index in [2.05, 4.69) is 64.8 Å². The number of carbonyl (C=O) groups excluding carboxylic acids is 3. The second-order valence-electron chi connectivity index (χ2n) is 10.3. The van der Waals surface area contributed by atoms with E-state index in [1.54, 1.807) is 4.90 Å². The Balaban J connectivity index is 1.29. The number of anilines is 1. The monoisotopic (exact) mass is 481 g/mol. The summed E-state index contributed by atoms with van der Waals surface area (Å²) in [4.78, 5) is 41.3. The second kappa shape index (κ2) is 9.41. The zero-order valence-electron chi connectivity index (χ0n) is 20.4. The third-order valence-electron chi connectivity index (χ3n) is 8.02. The highest BCUT2D eigenvalue weighted by Gasteiger charge is 2.39. The van der Waals surface area contributed by atoms with Crippen LogP contribution in [0.15, 0.2) is 60.7 Å². The molecule has 3 aromatic rings. The number of imide groups is 1. The zero-order valence-corrected chi connectivity index (χ0v) is 20.4. The molecule has 2 aliphatic heterocycles. The number of hydrogen-bond donors (Lipinski definition) is 1. The number of piperidine rings is 1. The lowest BCUT2D eigenvalue weighted by molar-refractivity contribution is -0.136. The lowest BCUT2D eigenvalue weighted by atomic mass is 9.93. The van der Waals surface area contributed by atoms with Crippen LogP contribution >= 0.6 is 0 Å². The first kappa shape index (κ1) is 22.8. The molecule has 3 amide bonds. The Kier molecular flexibility index (Phi) is 5.96. The van der Waals surface area contributed by atoms with Gasteiger partial charge in [-0.3, -0.25) is 19.7 Å². The van der Waals surface area contributed by atoms with Crippen LogP contribution in [0.3, 0.4) is 0 Å². The highest BCUT2D eigenvalue weighted by atomic mass is 16.2. The number of benzene rings is 3. The number of amides is 3. The number of nitrogens with one attached hydrogen (secondary N) is 1. The predicted octanol–water partition coefficient (Wildman–Crippen LogP) is 4.94. The molecule has 1 saturated heterocycles. The van der Waals surface area contributed by atoms with Gasteiger partial charge >= 0.3 is 0 Å². The molecule has 3 aromatic carbocycles. The van der Waals surface area contributed by atoms with Crippen LogP contribution in [0.4, 0.5) is 5.69 Å². The van der Waals surface area contributed by atoms with Crippen LogP contribution in [0.25, 0.3) is 10.8 Å². The van der Waals surface area contributed by atoms with Crippen molar-refractivity contribution in [1.29, 1.82) is 0 Å². The molecule has 3 aliphatic rings. The third-order valence-corrected chi connectivity index (χ3v) is 8.02. The summed E-state index contributed by atoms with van der Waals surface area (Å²) in [6, 6.07) is 21.2. The van der Waals surface area contributed by atoms with Crippen molar-refractivity contribution in [1.82, 2.24) is 10.2 Å². The molecule has 6 rings (SSSR count). The first-order valence-corrected chi connectivity index (χ1v) is 13.1. The number of carbonyl (C=O) groups is 3. The molecule has 6 heteroatoms. The average Bonchev–Trinajstić information content (AvgIpc) is 3.23. The van der Waals surface area contributed by atoms with Gasteiger partial charge < -0.3 is 9.80 Å².